The Labute approximate surface area is 93.1 Å². The number of hydrogen-bond donors (Lipinski definition) is 2. The molecule has 0 radical (unpaired) electrons. The van der Waals surface area contributed by atoms with E-state index in [1.165, 1.54) is 12.1 Å². The van der Waals surface area contributed by atoms with Gasteiger partial charge >= 0.3 is 0 Å². The van der Waals surface area contributed by atoms with Gasteiger partial charge < -0.3 is 10.4 Å². The van der Waals surface area contributed by atoms with E-state index in [1.807, 2.05) is 0 Å². The highest BCUT2D eigenvalue weighted by molar-refractivity contribution is 6.32. The van der Waals surface area contributed by atoms with Crippen LogP contribution in [0.5, 0.6) is 5.75 Å². The summed E-state index contributed by atoms with van der Waals surface area (Å²) in [6.07, 6.45) is 5.68. The molecule has 0 unspecified atom stereocenters. The van der Waals surface area contributed by atoms with Crippen LogP contribution in [0, 0.1) is 12.3 Å². The largest absolute Gasteiger partial charge is 0.506 e. The van der Waals surface area contributed by atoms with Gasteiger partial charge in [-0.3, -0.25) is 4.79 Å². The quantitative estimate of drug-likeness (QED) is 0.773. The molecule has 0 heterocycles. The number of halogens is 1. The van der Waals surface area contributed by atoms with Crippen LogP contribution in [0.25, 0.3) is 0 Å². The lowest BCUT2D eigenvalue weighted by Gasteiger charge is -2.04. The highest BCUT2D eigenvalue weighted by Gasteiger charge is 2.03. The summed E-state index contributed by atoms with van der Waals surface area (Å²) in [4.78, 5) is 11.2. The molecule has 0 aliphatic heterocycles. The van der Waals surface area contributed by atoms with Gasteiger partial charge in [0.2, 0.25) is 5.91 Å². The number of carbonyl (C=O) groups excluding carboxylic acids is 1. The standard InChI is InChI=1S/C11H10ClNO2/c1-2-3-4-11(15)13-8-5-6-9(12)10(14)7-8/h1,5-7,14H,3-4H2,(H,13,15). The van der Waals surface area contributed by atoms with E-state index >= 15 is 0 Å². The van der Waals surface area contributed by atoms with Gasteiger partial charge in [-0.1, -0.05) is 11.6 Å². The third-order valence-corrected chi connectivity index (χ3v) is 2.05. The minimum Gasteiger partial charge on any atom is -0.506 e. The highest BCUT2D eigenvalue weighted by atomic mass is 35.5. The number of carbonyl (C=O) groups is 1. The number of phenolic OH excluding ortho intramolecular Hbond substituents is 1. The summed E-state index contributed by atoms with van der Waals surface area (Å²) < 4.78 is 0. The van der Waals surface area contributed by atoms with Gasteiger partial charge in [-0.15, -0.1) is 12.3 Å². The summed E-state index contributed by atoms with van der Waals surface area (Å²) >= 11 is 5.61. The number of rotatable bonds is 3. The van der Waals surface area contributed by atoms with Crippen LogP contribution in [-0.2, 0) is 4.79 Å². The second-order valence-corrected chi connectivity index (χ2v) is 3.33. The molecule has 0 aromatic heterocycles. The molecule has 0 bridgehead atoms. The molecule has 4 heteroatoms. The fraction of sp³-hybridized carbons (Fsp3) is 0.182. The Bertz CT molecular complexity index is 410. The molecule has 0 saturated heterocycles. The lowest BCUT2D eigenvalue weighted by Crippen LogP contribution is -2.10. The normalized spacial score (nSPS) is 9.33. The SMILES string of the molecule is C#CCCC(=O)Nc1ccc(Cl)c(O)c1. The van der Waals surface area contributed by atoms with Gasteiger partial charge in [0, 0.05) is 24.6 Å². The van der Waals surface area contributed by atoms with Gasteiger partial charge in [0.15, 0.2) is 0 Å². The van der Waals surface area contributed by atoms with Gasteiger partial charge in [0.05, 0.1) is 5.02 Å². The third kappa shape index (κ3) is 3.53. The van der Waals surface area contributed by atoms with Crippen molar-refractivity contribution in [3.8, 4) is 18.1 Å². The van der Waals surface area contributed by atoms with Crippen LogP contribution < -0.4 is 5.32 Å². The lowest BCUT2D eigenvalue weighted by molar-refractivity contribution is -0.116. The molecule has 0 aliphatic rings. The molecular weight excluding hydrogens is 214 g/mol. The smallest absolute Gasteiger partial charge is 0.225 e. The van der Waals surface area contributed by atoms with Crippen molar-refractivity contribution in [3.05, 3.63) is 23.2 Å². The first-order valence-corrected chi connectivity index (χ1v) is 4.73. The molecule has 0 aliphatic carbocycles. The topological polar surface area (TPSA) is 49.3 Å². The number of anilines is 1. The van der Waals surface area contributed by atoms with Gasteiger partial charge in [-0.05, 0) is 12.1 Å². The zero-order valence-corrected chi connectivity index (χ0v) is 8.71. The molecular formula is C11H10ClNO2. The number of hydrogen-bond acceptors (Lipinski definition) is 2. The van der Waals surface area contributed by atoms with Gasteiger partial charge in [-0.25, -0.2) is 0 Å². The zero-order valence-electron chi connectivity index (χ0n) is 7.96. The predicted octanol–water partition coefficient (Wildman–Crippen LogP) is 2.40. The van der Waals surface area contributed by atoms with Crippen molar-refractivity contribution in [2.24, 2.45) is 0 Å². The Balaban J connectivity index is 2.62. The second kappa shape index (κ2) is 5.28. The average Bonchev–Trinajstić information content (AvgIpc) is 2.20. The van der Waals surface area contributed by atoms with Crippen LogP contribution in [0.4, 0.5) is 5.69 Å². The van der Waals surface area contributed by atoms with E-state index in [2.05, 4.69) is 11.2 Å². The second-order valence-electron chi connectivity index (χ2n) is 2.92. The van der Waals surface area contributed by atoms with Crippen LogP contribution in [0.3, 0.4) is 0 Å². The monoisotopic (exact) mass is 223 g/mol. The number of nitrogens with one attached hydrogen (secondary N) is 1. The van der Waals surface area contributed by atoms with Gasteiger partial charge in [-0.2, -0.15) is 0 Å². The van der Waals surface area contributed by atoms with Crippen molar-refractivity contribution in [2.75, 3.05) is 5.32 Å². The lowest BCUT2D eigenvalue weighted by atomic mass is 10.2. The van der Waals surface area contributed by atoms with E-state index in [4.69, 9.17) is 18.0 Å². The molecule has 2 N–H and O–H groups in total. The van der Waals surface area contributed by atoms with Crippen molar-refractivity contribution in [3.63, 3.8) is 0 Å². The van der Waals surface area contributed by atoms with E-state index < -0.39 is 0 Å². The van der Waals surface area contributed by atoms with Crippen molar-refractivity contribution >= 4 is 23.2 Å². The number of aromatic hydroxyl groups is 1. The Morgan fingerprint density at radius 1 is 1.60 bits per heavy atom. The maximum absolute atomic E-state index is 11.2. The first-order chi connectivity index (χ1) is 7.13. The first-order valence-electron chi connectivity index (χ1n) is 4.35. The summed E-state index contributed by atoms with van der Waals surface area (Å²) in [6.45, 7) is 0. The van der Waals surface area contributed by atoms with E-state index in [9.17, 15) is 9.90 Å². The molecule has 1 aromatic carbocycles. The minimum atomic E-state index is -0.185. The van der Waals surface area contributed by atoms with E-state index in [1.54, 1.807) is 6.07 Å². The molecule has 0 saturated carbocycles. The fourth-order valence-corrected chi connectivity index (χ4v) is 1.12. The average molecular weight is 224 g/mol. The number of phenols is 1. The maximum Gasteiger partial charge on any atom is 0.225 e. The number of terminal acetylenes is 1. The predicted molar refractivity (Wildman–Crippen MR) is 59.8 cm³/mol. The molecule has 3 nitrogen and oxygen atoms in total. The van der Waals surface area contributed by atoms with Crippen LogP contribution in [0.2, 0.25) is 5.02 Å². The van der Waals surface area contributed by atoms with Crippen molar-refractivity contribution in [2.45, 2.75) is 12.8 Å². The number of amides is 1. The van der Waals surface area contributed by atoms with Crippen molar-refractivity contribution < 1.29 is 9.90 Å². The summed E-state index contributed by atoms with van der Waals surface area (Å²) in [7, 11) is 0. The van der Waals surface area contributed by atoms with Crippen molar-refractivity contribution in [1.82, 2.24) is 0 Å². The van der Waals surface area contributed by atoms with E-state index in [0.717, 1.165) is 0 Å². The Morgan fingerprint density at radius 2 is 2.33 bits per heavy atom. The fourth-order valence-electron chi connectivity index (χ4n) is 1.000. The van der Waals surface area contributed by atoms with E-state index in [0.29, 0.717) is 12.1 Å². The minimum absolute atomic E-state index is 0.0635. The Hall–Kier alpha value is -1.66. The number of benzene rings is 1. The van der Waals surface area contributed by atoms with Crippen LogP contribution >= 0.6 is 11.6 Å². The summed E-state index contributed by atoms with van der Waals surface area (Å²) in [5.74, 6) is 2.12. The van der Waals surface area contributed by atoms with E-state index in [-0.39, 0.29) is 23.1 Å². The maximum atomic E-state index is 11.2. The molecule has 0 fully saturated rings. The molecule has 0 spiro atoms. The molecule has 1 rings (SSSR count). The zero-order chi connectivity index (χ0) is 11.3. The molecule has 0 atom stereocenters. The van der Waals surface area contributed by atoms with Crippen molar-refractivity contribution in [1.29, 1.82) is 0 Å². The highest BCUT2D eigenvalue weighted by Crippen LogP contribution is 2.26. The Kier molecular flexibility index (Phi) is 4.02. The Morgan fingerprint density at radius 3 is 2.93 bits per heavy atom. The first kappa shape index (κ1) is 11.4. The van der Waals surface area contributed by atoms with Gasteiger partial charge in [0.1, 0.15) is 5.75 Å². The van der Waals surface area contributed by atoms with Crippen LogP contribution in [-0.4, -0.2) is 11.0 Å². The van der Waals surface area contributed by atoms with Crippen LogP contribution in [0.15, 0.2) is 18.2 Å². The summed E-state index contributed by atoms with van der Waals surface area (Å²) in [6, 6.07) is 4.50. The molecule has 1 aromatic rings. The summed E-state index contributed by atoms with van der Waals surface area (Å²) in [5, 5.41) is 12.1. The van der Waals surface area contributed by atoms with Crippen LogP contribution in [0.1, 0.15) is 12.8 Å². The molecule has 78 valence electrons. The molecule has 1 amide bonds. The van der Waals surface area contributed by atoms with Gasteiger partial charge in [0.25, 0.3) is 0 Å². The summed E-state index contributed by atoms with van der Waals surface area (Å²) in [5.41, 5.74) is 0.499. The molecule has 15 heavy (non-hydrogen) atoms. The third-order valence-electron chi connectivity index (χ3n) is 1.73.